The molecule has 6 heteroatoms. The van der Waals surface area contributed by atoms with Gasteiger partial charge in [0.2, 0.25) is 5.09 Å². The molecular formula is C11H16ClNO3S. The highest BCUT2D eigenvalue weighted by molar-refractivity contribution is 7.89. The van der Waals surface area contributed by atoms with E-state index in [1.54, 1.807) is 6.07 Å². The molecule has 17 heavy (non-hydrogen) atoms. The molecule has 1 aromatic rings. The summed E-state index contributed by atoms with van der Waals surface area (Å²) in [5.74, 6) is 1.05. The Labute approximate surface area is 107 Å². The van der Waals surface area contributed by atoms with Crippen molar-refractivity contribution in [3.8, 4) is 0 Å². The number of furan rings is 1. The summed E-state index contributed by atoms with van der Waals surface area (Å²) < 4.78 is 31.4. The first-order chi connectivity index (χ1) is 7.95. The van der Waals surface area contributed by atoms with Crippen LogP contribution in [0.3, 0.4) is 0 Å². The minimum Gasteiger partial charge on any atom is -0.447 e. The number of halogens is 1. The summed E-state index contributed by atoms with van der Waals surface area (Å²) in [7, 11) is -3.50. The van der Waals surface area contributed by atoms with Crippen LogP contribution in [0.15, 0.2) is 21.6 Å². The third-order valence-electron chi connectivity index (χ3n) is 3.06. The van der Waals surface area contributed by atoms with Gasteiger partial charge in [0.05, 0.1) is 5.88 Å². The first-order valence-electron chi connectivity index (χ1n) is 5.61. The first kappa shape index (κ1) is 12.9. The van der Waals surface area contributed by atoms with Crippen molar-refractivity contribution in [1.29, 1.82) is 0 Å². The van der Waals surface area contributed by atoms with Gasteiger partial charge >= 0.3 is 0 Å². The molecule has 2 unspecified atom stereocenters. The fourth-order valence-corrected chi connectivity index (χ4v) is 4.12. The van der Waals surface area contributed by atoms with Crippen LogP contribution >= 0.6 is 11.6 Å². The monoisotopic (exact) mass is 277 g/mol. The van der Waals surface area contributed by atoms with Crippen molar-refractivity contribution in [3.63, 3.8) is 0 Å². The van der Waals surface area contributed by atoms with Gasteiger partial charge in [-0.05, 0) is 31.4 Å². The van der Waals surface area contributed by atoms with Crippen molar-refractivity contribution in [2.45, 2.75) is 37.3 Å². The fourth-order valence-electron chi connectivity index (χ4n) is 2.28. The van der Waals surface area contributed by atoms with Gasteiger partial charge in [0.15, 0.2) is 0 Å². The second-order valence-electron chi connectivity index (χ2n) is 4.62. The maximum Gasteiger partial charge on any atom is 0.276 e. The predicted octanol–water partition coefficient (Wildman–Crippen LogP) is 2.44. The summed E-state index contributed by atoms with van der Waals surface area (Å²) in [6.07, 6.45) is 0.891. The zero-order valence-electron chi connectivity index (χ0n) is 9.89. The van der Waals surface area contributed by atoms with E-state index in [4.69, 9.17) is 16.0 Å². The van der Waals surface area contributed by atoms with E-state index in [0.29, 0.717) is 18.2 Å². The Morgan fingerprint density at radius 3 is 2.65 bits per heavy atom. The molecule has 1 aliphatic heterocycles. The van der Waals surface area contributed by atoms with Gasteiger partial charge in [-0.25, -0.2) is 8.42 Å². The third kappa shape index (κ3) is 2.37. The molecule has 0 saturated carbocycles. The molecular weight excluding hydrogens is 262 g/mol. The number of sulfonamides is 1. The summed E-state index contributed by atoms with van der Waals surface area (Å²) in [4.78, 5) is 0. The Morgan fingerprint density at radius 1 is 1.47 bits per heavy atom. The van der Waals surface area contributed by atoms with Crippen LogP contribution in [0.5, 0.6) is 0 Å². The van der Waals surface area contributed by atoms with Gasteiger partial charge in [0.25, 0.3) is 10.0 Å². The van der Waals surface area contributed by atoms with E-state index in [-0.39, 0.29) is 17.0 Å². The van der Waals surface area contributed by atoms with E-state index >= 15 is 0 Å². The highest BCUT2D eigenvalue weighted by Gasteiger charge is 2.37. The lowest BCUT2D eigenvalue weighted by Gasteiger charge is -2.19. The van der Waals surface area contributed by atoms with Gasteiger partial charge in [-0.3, -0.25) is 0 Å². The van der Waals surface area contributed by atoms with Crippen molar-refractivity contribution in [3.05, 3.63) is 17.9 Å². The Balaban J connectivity index is 2.30. The summed E-state index contributed by atoms with van der Waals surface area (Å²) >= 11 is 5.60. The lowest BCUT2D eigenvalue weighted by Crippen LogP contribution is -2.33. The zero-order chi connectivity index (χ0) is 12.6. The zero-order valence-corrected chi connectivity index (χ0v) is 11.5. The van der Waals surface area contributed by atoms with Crippen LogP contribution in [0.2, 0.25) is 0 Å². The van der Waals surface area contributed by atoms with Crippen LogP contribution in [0.25, 0.3) is 0 Å². The molecule has 0 N–H and O–H groups in total. The molecule has 96 valence electrons. The van der Waals surface area contributed by atoms with Gasteiger partial charge in [0.1, 0.15) is 5.76 Å². The minimum atomic E-state index is -3.50. The molecule has 2 heterocycles. The van der Waals surface area contributed by atoms with Gasteiger partial charge in [-0.1, -0.05) is 6.92 Å². The molecule has 0 amide bonds. The molecule has 2 atom stereocenters. The van der Waals surface area contributed by atoms with Gasteiger partial charge in [0, 0.05) is 12.6 Å². The standard InChI is InChI=1S/C11H16ClNO3S/c1-8-5-9(2)13(7-8)17(14,15)11-4-3-10(6-12)16-11/h3-4,8-9H,5-7H2,1-2H3. The van der Waals surface area contributed by atoms with Crippen molar-refractivity contribution >= 4 is 21.6 Å². The van der Waals surface area contributed by atoms with E-state index < -0.39 is 10.0 Å². The summed E-state index contributed by atoms with van der Waals surface area (Å²) in [6.45, 7) is 4.53. The molecule has 1 fully saturated rings. The Kier molecular flexibility index (Phi) is 3.52. The highest BCUT2D eigenvalue weighted by Crippen LogP contribution is 2.29. The number of nitrogens with zero attached hydrogens (tertiary/aromatic N) is 1. The van der Waals surface area contributed by atoms with Crippen molar-refractivity contribution in [1.82, 2.24) is 4.31 Å². The summed E-state index contributed by atoms with van der Waals surface area (Å²) in [5.41, 5.74) is 0. The molecule has 0 radical (unpaired) electrons. The Hall–Kier alpha value is -0.520. The van der Waals surface area contributed by atoms with Gasteiger partial charge < -0.3 is 4.42 Å². The number of hydrogen-bond donors (Lipinski definition) is 0. The normalized spacial score (nSPS) is 26.5. The van der Waals surface area contributed by atoms with Crippen LogP contribution in [-0.2, 0) is 15.9 Å². The van der Waals surface area contributed by atoms with Crippen molar-refractivity contribution in [2.75, 3.05) is 6.54 Å². The molecule has 1 aromatic heterocycles. The molecule has 0 bridgehead atoms. The Bertz CT molecular complexity index is 497. The topological polar surface area (TPSA) is 50.5 Å². The fraction of sp³-hybridized carbons (Fsp3) is 0.636. The van der Waals surface area contributed by atoms with E-state index in [1.807, 2.05) is 6.92 Å². The second-order valence-corrected chi connectivity index (χ2v) is 6.71. The molecule has 0 spiro atoms. The van der Waals surface area contributed by atoms with Crippen molar-refractivity contribution in [2.24, 2.45) is 5.92 Å². The van der Waals surface area contributed by atoms with E-state index in [0.717, 1.165) is 6.42 Å². The van der Waals surface area contributed by atoms with Crippen molar-refractivity contribution < 1.29 is 12.8 Å². The maximum atomic E-state index is 12.3. The number of hydrogen-bond acceptors (Lipinski definition) is 3. The van der Waals surface area contributed by atoms with Crippen LogP contribution in [0.1, 0.15) is 26.0 Å². The maximum absolute atomic E-state index is 12.3. The van der Waals surface area contributed by atoms with Gasteiger partial charge in [-0.2, -0.15) is 4.31 Å². The smallest absolute Gasteiger partial charge is 0.276 e. The second kappa shape index (κ2) is 4.63. The van der Waals surface area contributed by atoms with E-state index in [2.05, 4.69) is 6.92 Å². The highest BCUT2D eigenvalue weighted by atomic mass is 35.5. The summed E-state index contributed by atoms with van der Waals surface area (Å²) in [6, 6.07) is 3.10. The molecule has 4 nitrogen and oxygen atoms in total. The third-order valence-corrected chi connectivity index (χ3v) is 5.18. The number of alkyl halides is 1. The Morgan fingerprint density at radius 2 is 2.18 bits per heavy atom. The first-order valence-corrected chi connectivity index (χ1v) is 7.59. The van der Waals surface area contributed by atoms with Gasteiger partial charge in [-0.15, -0.1) is 11.6 Å². The predicted molar refractivity (Wildman–Crippen MR) is 65.4 cm³/mol. The number of rotatable bonds is 3. The van der Waals surface area contributed by atoms with Crippen LogP contribution in [0.4, 0.5) is 0 Å². The van der Waals surface area contributed by atoms with E-state index in [9.17, 15) is 8.42 Å². The average Bonchev–Trinajstić information content (AvgIpc) is 2.85. The SMILES string of the molecule is CC1CC(C)N(S(=O)(=O)c2ccc(CCl)o2)C1. The van der Waals surface area contributed by atoms with Crippen LogP contribution < -0.4 is 0 Å². The largest absolute Gasteiger partial charge is 0.447 e. The molecule has 1 aliphatic rings. The lowest BCUT2D eigenvalue weighted by atomic mass is 10.1. The summed E-state index contributed by atoms with van der Waals surface area (Å²) in [5, 5.41) is -0.00546. The quantitative estimate of drug-likeness (QED) is 0.798. The molecule has 2 rings (SSSR count). The lowest BCUT2D eigenvalue weighted by molar-refractivity contribution is 0.367. The molecule has 1 saturated heterocycles. The average molecular weight is 278 g/mol. The van der Waals surface area contributed by atoms with Crippen LogP contribution in [-0.4, -0.2) is 25.3 Å². The molecule has 0 aliphatic carbocycles. The minimum absolute atomic E-state index is 0.00546. The molecule has 0 aromatic carbocycles. The van der Waals surface area contributed by atoms with Crippen LogP contribution in [0, 0.1) is 5.92 Å². The van der Waals surface area contributed by atoms with E-state index in [1.165, 1.54) is 10.4 Å².